The van der Waals surface area contributed by atoms with E-state index in [1.165, 1.54) is 11.1 Å². The number of ether oxygens (including phenoxy) is 3. The number of rotatable bonds is 6. The largest absolute Gasteiger partial charge is 0.497 e. The van der Waals surface area contributed by atoms with E-state index in [0.717, 1.165) is 114 Å². The van der Waals surface area contributed by atoms with Crippen molar-refractivity contribution in [1.82, 2.24) is 60.5 Å². The van der Waals surface area contributed by atoms with Crippen molar-refractivity contribution < 1.29 is 14.2 Å². The lowest BCUT2D eigenvalue weighted by atomic mass is 10.1. The highest BCUT2D eigenvalue weighted by atomic mass is 16.6. The second-order valence-corrected chi connectivity index (χ2v) is 14.0. The lowest BCUT2D eigenvalue weighted by Gasteiger charge is -2.17. The number of aromatic amines is 6. The summed E-state index contributed by atoms with van der Waals surface area (Å²) in [5.74, 6) is 4.58. The van der Waals surface area contributed by atoms with E-state index in [9.17, 15) is 0 Å². The molecule has 0 saturated heterocycles. The van der Waals surface area contributed by atoms with Crippen LogP contribution in [-0.4, -0.2) is 80.8 Å². The van der Waals surface area contributed by atoms with E-state index >= 15 is 0 Å². The molecule has 0 bridgehead atoms. The van der Waals surface area contributed by atoms with Crippen molar-refractivity contribution in [3.63, 3.8) is 0 Å². The molecule has 1 aliphatic heterocycles. The summed E-state index contributed by atoms with van der Waals surface area (Å²) in [5, 5.41) is 23.0. The van der Waals surface area contributed by atoms with Crippen LogP contribution in [0, 0.1) is 13.8 Å². The molecule has 1 aliphatic rings. The molecule has 4 aromatic carbocycles. The van der Waals surface area contributed by atoms with E-state index in [-0.39, 0.29) is 0 Å². The Balaban J connectivity index is 0.000000113. The maximum atomic E-state index is 5.68. The van der Waals surface area contributed by atoms with E-state index in [0.29, 0.717) is 19.0 Å². The van der Waals surface area contributed by atoms with Crippen LogP contribution in [0.3, 0.4) is 0 Å². The second-order valence-electron chi connectivity index (χ2n) is 14.0. The molecule has 0 amide bonds. The third kappa shape index (κ3) is 6.97. The van der Waals surface area contributed by atoms with Crippen LogP contribution in [0.25, 0.3) is 78.6 Å². The van der Waals surface area contributed by atoms with Crippen LogP contribution in [0.4, 0.5) is 0 Å². The van der Waals surface area contributed by atoms with Gasteiger partial charge in [-0.15, -0.1) is 0 Å². The van der Waals surface area contributed by atoms with Crippen LogP contribution in [0.2, 0.25) is 0 Å². The minimum absolute atomic E-state index is 0.552. The fraction of sp³-hybridized carbons (Fsp3) is 0.209. The van der Waals surface area contributed by atoms with Gasteiger partial charge in [0.05, 0.1) is 40.2 Å². The topological polar surface area (TPSA) is 200 Å². The van der Waals surface area contributed by atoms with Gasteiger partial charge in [0.1, 0.15) is 41.6 Å². The molecule has 0 radical (unpaired) electrons. The van der Waals surface area contributed by atoms with Gasteiger partial charge in [-0.2, -0.15) is 15.3 Å². The fourth-order valence-corrected chi connectivity index (χ4v) is 6.79. The molecule has 10 aromatic rings. The van der Waals surface area contributed by atoms with E-state index in [1.807, 2.05) is 66.7 Å². The Morgan fingerprint density at radius 1 is 0.603 bits per heavy atom. The summed E-state index contributed by atoms with van der Waals surface area (Å²) in [7, 11) is 1.65. The standard InChI is InChI=1S/C15H12N4O.C14H14N4O2.C14H16N4/c1-20-9-6-7-12-13(8-9)17-15(16-12)14-10-4-2-3-5-11(10)18-19-14;1-2-8-7-10(18-17-8)14-15-9-3-4-11-13(12(9)16-14)20-6-5-19-11;1-4-10-7-13(18-17-10)14-15-11-5-8(2)9(3)6-12(11)16-14/h2-8H,1H3,(H,16,17)(H,18,19);3-4,7H,2,5-6H2,1H3,(H,15,16)(H,17,18);5-7H,4H2,1-3H3,(H,15,16)(H,17,18). The van der Waals surface area contributed by atoms with Crippen molar-refractivity contribution in [3.05, 3.63) is 101 Å². The van der Waals surface area contributed by atoms with Crippen LogP contribution in [0.5, 0.6) is 17.2 Å². The Bertz CT molecular complexity index is 3000. The van der Waals surface area contributed by atoms with Gasteiger partial charge in [0.15, 0.2) is 29.0 Å². The lowest BCUT2D eigenvalue weighted by Crippen LogP contribution is -2.15. The summed E-state index contributed by atoms with van der Waals surface area (Å²) in [6, 6.07) is 25.9. The third-order valence-electron chi connectivity index (χ3n) is 10.1. The Kier molecular flexibility index (Phi) is 9.53. The van der Waals surface area contributed by atoms with Gasteiger partial charge in [-0.05, 0) is 92.4 Å². The molecule has 7 heterocycles. The van der Waals surface area contributed by atoms with Gasteiger partial charge in [-0.3, -0.25) is 15.3 Å². The molecule has 6 aromatic heterocycles. The zero-order valence-electron chi connectivity index (χ0n) is 32.7. The first-order valence-electron chi connectivity index (χ1n) is 19.2. The Morgan fingerprint density at radius 2 is 1.28 bits per heavy atom. The van der Waals surface area contributed by atoms with Gasteiger partial charge < -0.3 is 29.2 Å². The minimum Gasteiger partial charge on any atom is -0.497 e. The van der Waals surface area contributed by atoms with Crippen molar-refractivity contribution in [2.75, 3.05) is 20.3 Å². The summed E-state index contributed by atoms with van der Waals surface area (Å²) in [4.78, 5) is 23.7. The number of imidazole rings is 3. The summed E-state index contributed by atoms with van der Waals surface area (Å²) < 4.78 is 16.5. The van der Waals surface area contributed by atoms with Gasteiger partial charge in [-0.25, -0.2) is 15.0 Å². The van der Waals surface area contributed by atoms with Crippen LogP contribution in [0.15, 0.2) is 78.9 Å². The summed E-state index contributed by atoms with van der Waals surface area (Å²) in [6.45, 7) is 9.53. The molecule has 11 rings (SSSR count). The predicted octanol–water partition coefficient (Wildman–Crippen LogP) is 8.53. The van der Waals surface area contributed by atoms with E-state index in [1.54, 1.807) is 7.11 Å². The van der Waals surface area contributed by atoms with Crippen LogP contribution >= 0.6 is 0 Å². The highest BCUT2D eigenvalue weighted by Crippen LogP contribution is 2.37. The molecular weight excluding hydrogens is 733 g/mol. The van der Waals surface area contributed by atoms with Gasteiger partial charge >= 0.3 is 0 Å². The first-order chi connectivity index (χ1) is 28.4. The molecular formula is C43H42N12O3. The van der Waals surface area contributed by atoms with E-state index in [2.05, 4.69) is 100 Å². The SMILES string of the molecule is CCc1cc(-c2nc3c4c(ccc3[nH]2)OCCO4)n[nH]1.CCc1cc(-c2nc3cc(C)c(C)cc3[nH]2)n[nH]1.COc1ccc2nc(-c3n[nH]c4ccccc34)[nH]c2c1. The van der Waals surface area contributed by atoms with Crippen LogP contribution in [0.1, 0.15) is 36.4 Å². The summed E-state index contributed by atoms with van der Waals surface area (Å²) >= 11 is 0. The van der Waals surface area contributed by atoms with Crippen LogP contribution in [-0.2, 0) is 12.8 Å². The Labute approximate surface area is 332 Å². The first kappa shape index (κ1) is 36.2. The maximum absolute atomic E-state index is 5.68. The number of fused-ring (bicyclic) bond motifs is 6. The molecule has 15 nitrogen and oxygen atoms in total. The molecule has 0 spiro atoms. The van der Waals surface area contributed by atoms with E-state index in [4.69, 9.17) is 14.2 Å². The molecule has 15 heteroatoms. The molecule has 6 N–H and O–H groups in total. The molecule has 0 unspecified atom stereocenters. The predicted molar refractivity (Wildman–Crippen MR) is 224 cm³/mol. The highest BCUT2D eigenvalue weighted by Gasteiger charge is 2.19. The number of nitrogens with zero attached hydrogens (tertiary/aromatic N) is 6. The van der Waals surface area contributed by atoms with Crippen molar-refractivity contribution >= 4 is 44.0 Å². The normalized spacial score (nSPS) is 12.2. The molecule has 0 atom stereocenters. The zero-order chi connectivity index (χ0) is 39.8. The molecule has 0 saturated carbocycles. The third-order valence-corrected chi connectivity index (χ3v) is 10.1. The minimum atomic E-state index is 0.552. The maximum Gasteiger partial charge on any atom is 0.189 e. The fourth-order valence-electron chi connectivity index (χ4n) is 6.79. The number of hydrogen-bond acceptors (Lipinski definition) is 9. The van der Waals surface area contributed by atoms with Gasteiger partial charge in [0.2, 0.25) is 0 Å². The number of hydrogen-bond donors (Lipinski definition) is 6. The Morgan fingerprint density at radius 3 is 2.03 bits per heavy atom. The second kappa shape index (κ2) is 15.3. The van der Waals surface area contributed by atoms with Gasteiger partial charge in [0, 0.05) is 22.8 Å². The van der Waals surface area contributed by atoms with Crippen molar-refractivity contribution in [3.8, 4) is 51.8 Å². The first-order valence-corrected chi connectivity index (χ1v) is 19.2. The number of H-pyrrole nitrogens is 6. The number of methoxy groups -OCH3 is 1. The number of para-hydroxylation sites is 1. The van der Waals surface area contributed by atoms with Gasteiger partial charge in [-0.1, -0.05) is 32.0 Å². The van der Waals surface area contributed by atoms with Crippen molar-refractivity contribution in [2.45, 2.75) is 40.5 Å². The van der Waals surface area contributed by atoms with Crippen LogP contribution < -0.4 is 14.2 Å². The molecule has 58 heavy (non-hydrogen) atoms. The van der Waals surface area contributed by atoms with Crippen molar-refractivity contribution in [1.29, 1.82) is 0 Å². The highest BCUT2D eigenvalue weighted by molar-refractivity contribution is 5.93. The number of nitrogens with one attached hydrogen (secondary N) is 6. The average Bonchev–Trinajstić information content (AvgIpc) is 4.12. The summed E-state index contributed by atoms with van der Waals surface area (Å²) in [5.41, 5.74) is 13.9. The quantitative estimate of drug-likeness (QED) is 0.0958. The molecule has 0 aliphatic carbocycles. The Hall–Kier alpha value is -7.42. The number of aromatic nitrogens is 12. The molecule has 292 valence electrons. The molecule has 0 fully saturated rings. The smallest absolute Gasteiger partial charge is 0.189 e. The lowest BCUT2D eigenvalue weighted by molar-refractivity contribution is 0.173. The number of benzene rings is 4. The summed E-state index contributed by atoms with van der Waals surface area (Å²) in [6.07, 6.45) is 1.87. The van der Waals surface area contributed by atoms with Crippen molar-refractivity contribution in [2.24, 2.45) is 0 Å². The average molecular weight is 775 g/mol. The zero-order valence-corrected chi connectivity index (χ0v) is 32.7. The van der Waals surface area contributed by atoms with E-state index < -0.39 is 0 Å². The number of aryl methyl sites for hydroxylation is 4. The monoisotopic (exact) mass is 774 g/mol. The van der Waals surface area contributed by atoms with Gasteiger partial charge in [0.25, 0.3) is 0 Å².